The number of methoxy groups -OCH3 is 1. The number of ether oxygens (including phenoxy) is 1. The Morgan fingerprint density at radius 3 is 2.42 bits per heavy atom. The summed E-state index contributed by atoms with van der Waals surface area (Å²) >= 11 is 5.97. The zero-order valence-corrected chi connectivity index (χ0v) is 14.9. The summed E-state index contributed by atoms with van der Waals surface area (Å²) in [5, 5.41) is 3.59. The Morgan fingerprint density at radius 1 is 1.12 bits per heavy atom. The van der Waals surface area contributed by atoms with Crippen LogP contribution in [-0.4, -0.2) is 17.1 Å². The van der Waals surface area contributed by atoms with Gasteiger partial charge in [-0.15, -0.1) is 0 Å². The highest BCUT2D eigenvalue weighted by atomic mass is 35.5. The fourth-order valence-corrected chi connectivity index (χ4v) is 2.82. The lowest BCUT2D eigenvalue weighted by Gasteiger charge is -2.20. The van der Waals surface area contributed by atoms with E-state index in [1.54, 1.807) is 25.3 Å². The Bertz CT molecular complexity index is 851. The number of nitrogens with zero attached hydrogens (tertiary/aromatic N) is 2. The Morgan fingerprint density at radius 2 is 1.81 bits per heavy atom. The molecular weight excluding hydrogens is 355 g/mol. The largest absolute Gasteiger partial charge is 0.497 e. The molecule has 3 aromatic rings. The monoisotopic (exact) mass is 372 g/mol. The van der Waals surface area contributed by atoms with E-state index >= 15 is 0 Å². The first-order valence-corrected chi connectivity index (χ1v) is 8.36. The first-order chi connectivity index (χ1) is 12.5. The predicted octanol–water partition coefficient (Wildman–Crippen LogP) is 4.26. The zero-order valence-electron chi connectivity index (χ0n) is 14.1. The van der Waals surface area contributed by atoms with Crippen molar-refractivity contribution < 1.29 is 9.13 Å². The van der Waals surface area contributed by atoms with Gasteiger partial charge in [-0.05, 0) is 41.8 Å². The van der Waals surface area contributed by atoms with Gasteiger partial charge >= 0.3 is 0 Å². The number of nitrogens with two attached hydrogens (primary N) is 1. The summed E-state index contributed by atoms with van der Waals surface area (Å²) < 4.78 is 18.4. The molecule has 3 N–H and O–H groups in total. The topological polar surface area (TPSA) is 73.1 Å². The van der Waals surface area contributed by atoms with Crippen molar-refractivity contribution in [3.8, 4) is 5.75 Å². The quantitative estimate of drug-likeness (QED) is 0.632. The van der Waals surface area contributed by atoms with Crippen molar-refractivity contribution in [1.82, 2.24) is 9.97 Å². The van der Waals surface area contributed by atoms with Crippen LogP contribution in [0.2, 0.25) is 5.15 Å². The number of halogens is 2. The van der Waals surface area contributed by atoms with Gasteiger partial charge in [-0.2, -0.15) is 4.98 Å². The summed E-state index contributed by atoms with van der Waals surface area (Å²) in [6.45, 7) is 0. The molecule has 0 aliphatic rings. The minimum absolute atomic E-state index is 0.0928. The molecule has 0 bridgehead atoms. The van der Waals surface area contributed by atoms with Crippen molar-refractivity contribution in [3.63, 3.8) is 0 Å². The Balaban J connectivity index is 1.90. The van der Waals surface area contributed by atoms with E-state index in [4.69, 9.17) is 22.1 Å². The summed E-state index contributed by atoms with van der Waals surface area (Å²) in [4.78, 5) is 8.04. The summed E-state index contributed by atoms with van der Waals surface area (Å²) in [7, 11) is 1.62. The van der Waals surface area contributed by atoms with Crippen LogP contribution < -0.4 is 15.8 Å². The van der Waals surface area contributed by atoms with Crippen LogP contribution in [0.5, 0.6) is 5.75 Å². The van der Waals surface area contributed by atoms with Crippen molar-refractivity contribution in [2.45, 2.75) is 12.5 Å². The normalized spacial score (nSPS) is 11.8. The molecule has 2 aromatic carbocycles. The maximum Gasteiger partial charge on any atom is 0.223 e. The van der Waals surface area contributed by atoms with Gasteiger partial charge < -0.3 is 15.8 Å². The van der Waals surface area contributed by atoms with Crippen LogP contribution in [0.25, 0.3) is 0 Å². The molecule has 3 rings (SSSR count). The highest BCUT2D eigenvalue weighted by Gasteiger charge is 2.14. The summed E-state index contributed by atoms with van der Waals surface area (Å²) in [6, 6.07) is 15.6. The minimum atomic E-state index is -0.266. The minimum Gasteiger partial charge on any atom is -0.497 e. The van der Waals surface area contributed by atoms with Crippen molar-refractivity contribution in [1.29, 1.82) is 0 Å². The van der Waals surface area contributed by atoms with Gasteiger partial charge in [0.15, 0.2) is 0 Å². The van der Waals surface area contributed by atoms with E-state index in [1.165, 1.54) is 12.1 Å². The molecule has 134 valence electrons. The molecule has 0 fully saturated rings. The SMILES string of the molecule is COc1ccc([C@@H](Cc2ccc(F)cc2)Nc2cc(Cl)nc(N)n2)cc1. The van der Waals surface area contributed by atoms with E-state index in [0.717, 1.165) is 16.9 Å². The van der Waals surface area contributed by atoms with Gasteiger partial charge in [0.2, 0.25) is 5.95 Å². The fraction of sp³-hybridized carbons (Fsp3) is 0.158. The molecule has 0 aliphatic heterocycles. The Hall–Kier alpha value is -2.86. The number of hydrogen-bond donors (Lipinski definition) is 2. The average molecular weight is 373 g/mol. The fourth-order valence-electron chi connectivity index (χ4n) is 2.63. The van der Waals surface area contributed by atoms with Crippen LogP contribution in [-0.2, 0) is 6.42 Å². The molecule has 0 spiro atoms. The van der Waals surface area contributed by atoms with Gasteiger partial charge in [-0.1, -0.05) is 35.9 Å². The number of rotatable bonds is 6. The van der Waals surface area contributed by atoms with Crippen molar-refractivity contribution in [3.05, 3.63) is 76.7 Å². The molecule has 7 heteroatoms. The standard InChI is InChI=1S/C19H18ClFN4O/c1-26-15-8-4-13(5-9-15)16(10-12-2-6-14(21)7-3-12)23-18-11-17(20)24-19(22)25-18/h2-9,11,16H,10H2,1H3,(H3,22,23,24,25)/t16-/m1/s1. The second-order valence-electron chi connectivity index (χ2n) is 5.73. The first-order valence-electron chi connectivity index (χ1n) is 7.98. The van der Waals surface area contributed by atoms with Gasteiger partial charge in [-0.25, -0.2) is 9.37 Å². The van der Waals surface area contributed by atoms with E-state index in [9.17, 15) is 4.39 Å². The van der Waals surface area contributed by atoms with Crippen molar-refractivity contribution in [2.75, 3.05) is 18.2 Å². The van der Waals surface area contributed by atoms with Crippen LogP contribution in [0.1, 0.15) is 17.2 Å². The number of nitrogen functional groups attached to an aromatic ring is 1. The highest BCUT2D eigenvalue weighted by molar-refractivity contribution is 6.29. The van der Waals surface area contributed by atoms with E-state index in [0.29, 0.717) is 12.2 Å². The molecule has 0 amide bonds. The lowest BCUT2D eigenvalue weighted by atomic mass is 9.98. The molecule has 1 atom stereocenters. The van der Waals surface area contributed by atoms with Crippen LogP contribution in [0, 0.1) is 5.82 Å². The van der Waals surface area contributed by atoms with E-state index in [-0.39, 0.29) is 23.0 Å². The van der Waals surface area contributed by atoms with E-state index < -0.39 is 0 Å². The maximum absolute atomic E-state index is 13.2. The third-order valence-corrected chi connectivity index (χ3v) is 4.10. The average Bonchev–Trinajstić information content (AvgIpc) is 2.62. The number of benzene rings is 2. The molecule has 1 aromatic heterocycles. The second-order valence-corrected chi connectivity index (χ2v) is 6.12. The smallest absolute Gasteiger partial charge is 0.223 e. The third-order valence-electron chi connectivity index (χ3n) is 3.91. The van der Waals surface area contributed by atoms with E-state index in [1.807, 2.05) is 24.3 Å². The summed E-state index contributed by atoms with van der Waals surface area (Å²) in [5.41, 5.74) is 7.67. The van der Waals surface area contributed by atoms with Crippen LogP contribution >= 0.6 is 11.6 Å². The highest BCUT2D eigenvalue weighted by Crippen LogP contribution is 2.26. The molecule has 0 saturated heterocycles. The Kier molecular flexibility index (Phi) is 5.53. The molecule has 0 saturated carbocycles. The van der Waals surface area contributed by atoms with Crippen molar-refractivity contribution >= 4 is 23.4 Å². The number of nitrogens with one attached hydrogen (secondary N) is 1. The Labute approximate surface area is 156 Å². The molecule has 5 nitrogen and oxygen atoms in total. The van der Waals surface area contributed by atoms with Crippen LogP contribution in [0.3, 0.4) is 0 Å². The zero-order chi connectivity index (χ0) is 18.5. The van der Waals surface area contributed by atoms with Crippen LogP contribution in [0.15, 0.2) is 54.6 Å². The van der Waals surface area contributed by atoms with E-state index in [2.05, 4.69) is 15.3 Å². The van der Waals surface area contributed by atoms with Gasteiger partial charge in [-0.3, -0.25) is 0 Å². The first kappa shape index (κ1) is 17.9. The van der Waals surface area contributed by atoms with Gasteiger partial charge in [0, 0.05) is 6.07 Å². The third kappa shape index (κ3) is 4.61. The number of anilines is 2. The molecule has 0 aliphatic carbocycles. The number of hydrogen-bond acceptors (Lipinski definition) is 5. The lowest BCUT2D eigenvalue weighted by Crippen LogP contribution is -2.15. The second kappa shape index (κ2) is 8.01. The molecule has 26 heavy (non-hydrogen) atoms. The van der Waals surface area contributed by atoms with Gasteiger partial charge in [0.25, 0.3) is 0 Å². The summed E-state index contributed by atoms with van der Waals surface area (Å²) in [6.07, 6.45) is 0.619. The van der Waals surface area contributed by atoms with Gasteiger partial charge in [0.05, 0.1) is 13.2 Å². The molecule has 0 unspecified atom stereocenters. The van der Waals surface area contributed by atoms with Crippen LogP contribution in [0.4, 0.5) is 16.2 Å². The van der Waals surface area contributed by atoms with Crippen molar-refractivity contribution in [2.24, 2.45) is 0 Å². The van der Waals surface area contributed by atoms with Gasteiger partial charge in [0.1, 0.15) is 22.5 Å². The number of aromatic nitrogens is 2. The summed E-state index contributed by atoms with van der Waals surface area (Å²) in [5.74, 6) is 1.11. The predicted molar refractivity (Wildman–Crippen MR) is 101 cm³/mol. The maximum atomic E-state index is 13.2. The molecule has 0 radical (unpaired) electrons. The lowest BCUT2D eigenvalue weighted by molar-refractivity contribution is 0.414. The molecule has 1 heterocycles. The molecular formula is C19H18ClFN4O.